The van der Waals surface area contributed by atoms with Gasteiger partial charge in [0.05, 0.1) is 12.7 Å². The molecule has 1 N–H and O–H groups in total. The monoisotopic (exact) mass is 261 g/mol. The third kappa shape index (κ3) is 3.80. The van der Waals surface area contributed by atoms with Crippen molar-refractivity contribution in [2.45, 2.75) is 45.8 Å². The summed E-state index contributed by atoms with van der Waals surface area (Å²) in [5.41, 5.74) is 2.82. The maximum atomic E-state index is 5.71. The molecule has 106 valence electrons. The molecule has 0 saturated carbocycles. The number of hydrogen-bond acceptors (Lipinski definition) is 2. The van der Waals surface area contributed by atoms with Gasteiger partial charge in [0.2, 0.25) is 0 Å². The largest absolute Gasteiger partial charge is 0.378 e. The number of rotatable bonds is 5. The maximum absolute atomic E-state index is 5.71. The van der Waals surface area contributed by atoms with Gasteiger partial charge in [0.25, 0.3) is 0 Å². The van der Waals surface area contributed by atoms with Crippen molar-refractivity contribution in [2.75, 3.05) is 13.7 Å². The molecule has 1 aliphatic rings. The van der Waals surface area contributed by atoms with Crippen LogP contribution in [-0.2, 0) is 11.2 Å². The van der Waals surface area contributed by atoms with Crippen molar-refractivity contribution in [3.63, 3.8) is 0 Å². The minimum atomic E-state index is 0.404. The van der Waals surface area contributed by atoms with Crippen molar-refractivity contribution in [1.29, 1.82) is 0 Å². The van der Waals surface area contributed by atoms with Gasteiger partial charge < -0.3 is 10.1 Å². The predicted molar refractivity (Wildman–Crippen MR) is 80.3 cm³/mol. The van der Waals surface area contributed by atoms with Crippen LogP contribution >= 0.6 is 0 Å². The van der Waals surface area contributed by atoms with Gasteiger partial charge in [-0.1, -0.05) is 38.1 Å². The quantitative estimate of drug-likeness (QED) is 0.875. The Morgan fingerprint density at radius 3 is 2.42 bits per heavy atom. The molecule has 3 atom stereocenters. The SMILES string of the molecule is CNC(c1ccc(CC(C)C)cc1)C1COC(C)C1. The van der Waals surface area contributed by atoms with Gasteiger partial charge >= 0.3 is 0 Å². The van der Waals surface area contributed by atoms with Crippen molar-refractivity contribution >= 4 is 0 Å². The lowest BCUT2D eigenvalue weighted by Crippen LogP contribution is -2.25. The molecule has 3 unspecified atom stereocenters. The summed E-state index contributed by atoms with van der Waals surface area (Å²) >= 11 is 0. The van der Waals surface area contributed by atoms with E-state index in [2.05, 4.69) is 57.4 Å². The molecule has 1 aromatic rings. The van der Waals surface area contributed by atoms with Crippen LogP contribution < -0.4 is 5.32 Å². The Kier molecular flexibility index (Phi) is 5.00. The average Bonchev–Trinajstić information content (AvgIpc) is 2.78. The van der Waals surface area contributed by atoms with Crippen LogP contribution in [0.5, 0.6) is 0 Å². The Labute approximate surface area is 117 Å². The Balaban J connectivity index is 2.06. The molecule has 0 amide bonds. The summed E-state index contributed by atoms with van der Waals surface area (Å²) in [4.78, 5) is 0. The van der Waals surface area contributed by atoms with E-state index in [1.807, 2.05) is 0 Å². The van der Waals surface area contributed by atoms with E-state index in [9.17, 15) is 0 Å². The number of nitrogens with one attached hydrogen (secondary N) is 1. The van der Waals surface area contributed by atoms with Gasteiger partial charge in [0, 0.05) is 12.0 Å². The van der Waals surface area contributed by atoms with Crippen molar-refractivity contribution < 1.29 is 4.74 Å². The smallest absolute Gasteiger partial charge is 0.0551 e. The van der Waals surface area contributed by atoms with Crippen molar-refractivity contribution in [2.24, 2.45) is 11.8 Å². The molecule has 0 bridgehead atoms. The zero-order chi connectivity index (χ0) is 13.8. The lowest BCUT2D eigenvalue weighted by molar-refractivity contribution is 0.117. The summed E-state index contributed by atoms with van der Waals surface area (Å²) < 4.78 is 5.71. The second-order valence-electron chi connectivity index (χ2n) is 6.25. The van der Waals surface area contributed by atoms with Gasteiger partial charge in [0.1, 0.15) is 0 Å². The molecular weight excluding hydrogens is 234 g/mol. The molecule has 1 heterocycles. The molecule has 0 aromatic heterocycles. The normalized spacial score (nSPS) is 24.9. The van der Waals surface area contributed by atoms with E-state index in [0.717, 1.165) is 25.4 Å². The highest BCUT2D eigenvalue weighted by Gasteiger charge is 2.29. The standard InChI is InChI=1S/C17H27NO/c1-12(2)9-14-5-7-15(8-6-14)17(18-4)16-10-13(3)19-11-16/h5-8,12-13,16-18H,9-11H2,1-4H3. The van der Waals surface area contributed by atoms with Gasteiger partial charge in [-0.3, -0.25) is 0 Å². The fraction of sp³-hybridized carbons (Fsp3) is 0.647. The van der Waals surface area contributed by atoms with Gasteiger partial charge in [0.15, 0.2) is 0 Å². The summed E-state index contributed by atoms with van der Waals surface area (Å²) in [5, 5.41) is 3.46. The van der Waals surface area contributed by atoms with Crippen molar-refractivity contribution in [1.82, 2.24) is 5.32 Å². The minimum Gasteiger partial charge on any atom is -0.378 e. The predicted octanol–water partition coefficient (Wildman–Crippen LogP) is 3.57. The van der Waals surface area contributed by atoms with Gasteiger partial charge in [-0.05, 0) is 43.9 Å². The topological polar surface area (TPSA) is 21.3 Å². The first-order valence-electron chi connectivity index (χ1n) is 7.48. The summed E-state index contributed by atoms with van der Waals surface area (Å²) in [6.45, 7) is 7.57. The second-order valence-corrected chi connectivity index (χ2v) is 6.25. The fourth-order valence-corrected chi connectivity index (χ4v) is 3.09. The molecule has 19 heavy (non-hydrogen) atoms. The van der Waals surface area contributed by atoms with Crippen LogP contribution in [0.15, 0.2) is 24.3 Å². The molecule has 2 rings (SSSR count). The van der Waals surface area contributed by atoms with Crippen molar-refractivity contribution in [3.05, 3.63) is 35.4 Å². The number of ether oxygens (including phenoxy) is 1. The van der Waals surface area contributed by atoms with E-state index in [1.54, 1.807) is 0 Å². The van der Waals surface area contributed by atoms with E-state index < -0.39 is 0 Å². The molecule has 0 radical (unpaired) electrons. The van der Waals surface area contributed by atoms with Crippen LogP contribution in [0, 0.1) is 11.8 Å². The van der Waals surface area contributed by atoms with Crippen LogP contribution in [0.3, 0.4) is 0 Å². The van der Waals surface area contributed by atoms with Crippen molar-refractivity contribution in [3.8, 4) is 0 Å². The van der Waals surface area contributed by atoms with Crippen LogP contribution in [0.4, 0.5) is 0 Å². The number of benzene rings is 1. The first-order valence-corrected chi connectivity index (χ1v) is 7.48. The van der Waals surface area contributed by atoms with E-state index >= 15 is 0 Å². The first kappa shape index (κ1) is 14.5. The molecular formula is C17H27NO. The maximum Gasteiger partial charge on any atom is 0.0551 e. The van der Waals surface area contributed by atoms with E-state index in [-0.39, 0.29) is 0 Å². The minimum absolute atomic E-state index is 0.404. The Bertz CT molecular complexity index is 385. The van der Waals surface area contributed by atoms with Gasteiger partial charge in [-0.25, -0.2) is 0 Å². The summed E-state index contributed by atoms with van der Waals surface area (Å²) in [6, 6.07) is 9.53. The molecule has 0 spiro atoms. The molecule has 1 aromatic carbocycles. The highest BCUT2D eigenvalue weighted by Crippen LogP contribution is 2.31. The first-order chi connectivity index (χ1) is 9.10. The zero-order valence-corrected chi connectivity index (χ0v) is 12.6. The second kappa shape index (κ2) is 6.53. The molecule has 2 heteroatoms. The Morgan fingerprint density at radius 1 is 1.26 bits per heavy atom. The highest BCUT2D eigenvalue weighted by atomic mass is 16.5. The molecule has 1 saturated heterocycles. The summed E-state index contributed by atoms with van der Waals surface area (Å²) in [7, 11) is 2.05. The molecule has 1 fully saturated rings. The Morgan fingerprint density at radius 2 is 1.95 bits per heavy atom. The van der Waals surface area contributed by atoms with Gasteiger partial charge in [-0.2, -0.15) is 0 Å². The fourth-order valence-electron chi connectivity index (χ4n) is 3.09. The lowest BCUT2D eigenvalue weighted by Gasteiger charge is -2.22. The molecule has 2 nitrogen and oxygen atoms in total. The van der Waals surface area contributed by atoms with E-state index in [0.29, 0.717) is 18.1 Å². The Hall–Kier alpha value is -0.860. The molecule has 1 aliphatic heterocycles. The average molecular weight is 261 g/mol. The van der Waals surface area contributed by atoms with Crippen LogP contribution in [0.25, 0.3) is 0 Å². The van der Waals surface area contributed by atoms with E-state index in [1.165, 1.54) is 11.1 Å². The van der Waals surface area contributed by atoms with Crippen LogP contribution in [-0.4, -0.2) is 19.8 Å². The third-order valence-electron chi connectivity index (χ3n) is 3.99. The van der Waals surface area contributed by atoms with Crippen LogP contribution in [0.1, 0.15) is 44.4 Å². The summed E-state index contributed by atoms with van der Waals surface area (Å²) in [5.74, 6) is 1.31. The number of hydrogen-bond donors (Lipinski definition) is 1. The highest BCUT2D eigenvalue weighted by molar-refractivity contribution is 5.26. The summed E-state index contributed by atoms with van der Waals surface area (Å²) in [6.07, 6.45) is 2.72. The van der Waals surface area contributed by atoms with Gasteiger partial charge in [-0.15, -0.1) is 0 Å². The molecule has 0 aliphatic carbocycles. The third-order valence-corrected chi connectivity index (χ3v) is 3.99. The van der Waals surface area contributed by atoms with E-state index in [4.69, 9.17) is 4.74 Å². The zero-order valence-electron chi connectivity index (χ0n) is 12.6. The van der Waals surface area contributed by atoms with Crippen LogP contribution in [0.2, 0.25) is 0 Å². The lowest BCUT2D eigenvalue weighted by atomic mass is 9.90.